The van der Waals surface area contributed by atoms with Gasteiger partial charge in [0.2, 0.25) is 11.8 Å². The predicted octanol–water partition coefficient (Wildman–Crippen LogP) is 5.09. The average Bonchev–Trinajstić information content (AvgIpc) is 3.11. The summed E-state index contributed by atoms with van der Waals surface area (Å²) in [5.74, 6) is -0.876. The summed E-state index contributed by atoms with van der Waals surface area (Å²) < 4.78 is 42.9. The summed E-state index contributed by atoms with van der Waals surface area (Å²) in [6.07, 6.45) is 0.382. The van der Waals surface area contributed by atoms with E-state index in [1.54, 1.807) is 14.2 Å². The number of anilines is 2. The molecule has 1 atom stereocenters. The number of rotatable bonds is 5. The summed E-state index contributed by atoms with van der Waals surface area (Å²) in [7, 11) is 3.25. The Morgan fingerprint density at radius 3 is 2.65 bits per heavy atom. The van der Waals surface area contributed by atoms with Gasteiger partial charge in [-0.25, -0.2) is 0 Å². The lowest BCUT2D eigenvalue weighted by molar-refractivity contribution is -0.137. The normalized spacial score (nSPS) is 17.0. The van der Waals surface area contributed by atoms with Gasteiger partial charge in [0.25, 0.3) is 0 Å². The first-order valence-corrected chi connectivity index (χ1v) is 12.3. The van der Waals surface area contributed by atoms with Crippen LogP contribution in [-0.4, -0.2) is 37.6 Å². The van der Waals surface area contributed by atoms with Gasteiger partial charge in [-0.05, 0) is 55.0 Å². The zero-order chi connectivity index (χ0) is 24.9. The number of hydrogen-bond donors (Lipinski definition) is 2. The van der Waals surface area contributed by atoms with Crippen molar-refractivity contribution in [3.05, 3.63) is 39.8 Å². The summed E-state index contributed by atoms with van der Waals surface area (Å²) in [5.41, 5.74) is 1.26. The maximum atomic E-state index is 12.9. The first-order valence-electron chi connectivity index (χ1n) is 10.6. The molecule has 1 unspecified atom stereocenters. The molecule has 1 aromatic carbocycles. The SMILES string of the molecule is COC.O=CCc1c(NC(=O)CC2Sc3ccc(C(F)(F)F)cc3NC2=O)sc2c1CCCC2. The van der Waals surface area contributed by atoms with E-state index in [0.29, 0.717) is 9.90 Å². The Bertz CT molecular complexity index is 1070. The topological polar surface area (TPSA) is 84.5 Å². The van der Waals surface area contributed by atoms with Crippen molar-refractivity contribution in [3.8, 4) is 0 Å². The molecule has 34 heavy (non-hydrogen) atoms. The molecule has 1 aliphatic heterocycles. The minimum Gasteiger partial charge on any atom is -0.388 e. The van der Waals surface area contributed by atoms with Gasteiger partial charge in [0.15, 0.2) is 0 Å². The molecule has 0 spiro atoms. The van der Waals surface area contributed by atoms with Gasteiger partial charge in [-0.2, -0.15) is 13.2 Å². The highest BCUT2D eigenvalue weighted by Crippen LogP contribution is 2.41. The standard InChI is InChI=1S/C21H19F3N2O3S2.C2H6O/c22-21(23,24)11-5-6-16-14(9-11)25-19(29)17(30-16)10-18(28)26-20-13(7-8-27)12-3-1-2-4-15(12)31-20;1-3-2/h5-6,8-9,17H,1-4,7,10H2,(H,25,29)(H,26,28);1-2H3. The Morgan fingerprint density at radius 2 is 1.97 bits per heavy atom. The van der Waals surface area contributed by atoms with Crippen molar-refractivity contribution < 1.29 is 32.3 Å². The maximum Gasteiger partial charge on any atom is 0.416 e. The molecule has 0 saturated carbocycles. The molecule has 0 saturated heterocycles. The average molecular weight is 515 g/mol. The fourth-order valence-corrected chi connectivity index (χ4v) is 6.27. The van der Waals surface area contributed by atoms with Gasteiger partial charge in [0.1, 0.15) is 6.29 Å². The van der Waals surface area contributed by atoms with E-state index >= 15 is 0 Å². The fraction of sp³-hybridized carbons (Fsp3) is 0.435. The van der Waals surface area contributed by atoms with Gasteiger partial charge in [-0.15, -0.1) is 23.1 Å². The van der Waals surface area contributed by atoms with Crippen LogP contribution < -0.4 is 10.6 Å². The lowest BCUT2D eigenvalue weighted by Gasteiger charge is -2.24. The monoisotopic (exact) mass is 514 g/mol. The van der Waals surface area contributed by atoms with Crippen LogP contribution in [0.3, 0.4) is 0 Å². The van der Waals surface area contributed by atoms with Crippen LogP contribution in [0.15, 0.2) is 23.1 Å². The minimum absolute atomic E-state index is 0.0979. The Labute approximate surface area is 203 Å². The molecule has 6 nitrogen and oxygen atoms in total. The number of ether oxygens (including phenoxy) is 1. The van der Waals surface area contributed by atoms with Crippen molar-refractivity contribution in [2.45, 2.75) is 54.8 Å². The third kappa shape index (κ3) is 6.19. The number of aryl methyl sites for hydroxylation is 1. The molecule has 0 radical (unpaired) electrons. The zero-order valence-electron chi connectivity index (χ0n) is 18.7. The highest BCUT2D eigenvalue weighted by molar-refractivity contribution is 8.01. The lowest BCUT2D eigenvalue weighted by Crippen LogP contribution is -2.32. The Morgan fingerprint density at radius 1 is 1.26 bits per heavy atom. The van der Waals surface area contributed by atoms with E-state index in [1.165, 1.54) is 22.3 Å². The number of halogens is 3. The van der Waals surface area contributed by atoms with Gasteiger partial charge < -0.3 is 20.2 Å². The van der Waals surface area contributed by atoms with Crippen molar-refractivity contribution in [2.75, 3.05) is 24.9 Å². The van der Waals surface area contributed by atoms with Gasteiger partial charge in [-0.3, -0.25) is 9.59 Å². The summed E-state index contributed by atoms with van der Waals surface area (Å²) in [4.78, 5) is 37.9. The molecule has 0 bridgehead atoms. The summed E-state index contributed by atoms with van der Waals surface area (Å²) >= 11 is 2.55. The number of carbonyl (C=O) groups is 3. The van der Waals surface area contributed by atoms with Crippen LogP contribution >= 0.6 is 23.1 Å². The van der Waals surface area contributed by atoms with Crippen LogP contribution in [0.2, 0.25) is 0 Å². The number of hydrogen-bond acceptors (Lipinski definition) is 6. The molecule has 2 N–H and O–H groups in total. The number of methoxy groups -OCH3 is 1. The number of nitrogens with one attached hydrogen (secondary N) is 2. The van der Waals surface area contributed by atoms with E-state index < -0.39 is 22.9 Å². The smallest absolute Gasteiger partial charge is 0.388 e. The quantitative estimate of drug-likeness (QED) is 0.543. The van der Waals surface area contributed by atoms with E-state index in [4.69, 9.17) is 0 Å². The third-order valence-corrected chi connectivity index (χ3v) is 7.84. The molecule has 1 aliphatic carbocycles. The van der Waals surface area contributed by atoms with Crippen molar-refractivity contribution in [3.63, 3.8) is 0 Å². The molecule has 0 fully saturated rings. The van der Waals surface area contributed by atoms with E-state index in [-0.39, 0.29) is 24.4 Å². The number of benzene rings is 1. The highest BCUT2D eigenvalue weighted by Gasteiger charge is 2.34. The second-order valence-corrected chi connectivity index (χ2v) is 10.2. The Kier molecular flexibility index (Phi) is 8.78. The van der Waals surface area contributed by atoms with Crippen LogP contribution in [0.4, 0.5) is 23.9 Å². The summed E-state index contributed by atoms with van der Waals surface area (Å²) in [6.45, 7) is 0. The second-order valence-electron chi connectivity index (χ2n) is 7.85. The Hall–Kier alpha value is -2.37. The lowest BCUT2D eigenvalue weighted by atomic mass is 9.94. The Balaban J connectivity index is 0.00000103. The molecule has 2 aromatic rings. The van der Waals surface area contributed by atoms with Crippen LogP contribution in [-0.2, 0) is 44.6 Å². The van der Waals surface area contributed by atoms with Gasteiger partial charge in [-0.1, -0.05) is 0 Å². The highest BCUT2D eigenvalue weighted by atomic mass is 32.2. The van der Waals surface area contributed by atoms with E-state index in [1.807, 2.05) is 0 Å². The number of carbonyl (C=O) groups excluding carboxylic acids is 3. The first-order chi connectivity index (χ1) is 16.2. The van der Waals surface area contributed by atoms with Crippen LogP contribution in [0.5, 0.6) is 0 Å². The number of thiophene rings is 1. The molecular weight excluding hydrogens is 489 g/mol. The molecular formula is C23H25F3N2O4S2. The zero-order valence-corrected chi connectivity index (χ0v) is 20.3. The minimum atomic E-state index is -4.50. The van der Waals surface area contributed by atoms with Crippen molar-refractivity contribution >= 4 is 51.9 Å². The van der Waals surface area contributed by atoms with E-state index in [2.05, 4.69) is 15.4 Å². The molecule has 4 rings (SSSR count). The molecule has 11 heteroatoms. The van der Waals surface area contributed by atoms with Crippen molar-refractivity contribution in [2.24, 2.45) is 0 Å². The fourth-order valence-electron chi connectivity index (χ4n) is 3.84. The summed E-state index contributed by atoms with van der Waals surface area (Å²) in [5, 5.41) is 5.23. The van der Waals surface area contributed by atoms with Gasteiger partial charge >= 0.3 is 6.18 Å². The predicted molar refractivity (Wildman–Crippen MR) is 127 cm³/mol. The first kappa shape index (κ1) is 26.2. The van der Waals surface area contributed by atoms with Gasteiger partial charge in [0.05, 0.1) is 21.5 Å². The molecule has 2 aliphatic rings. The van der Waals surface area contributed by atoms with Gasteiger partial charge in [0, 0.05) is 36.8 Å². The summed E-state index contributed by atoms with van der Waals surface area (Å²) in [6, 6.07) is 3.17. The van der Waals surface area contributed by atoms with Crippen LogP contribution in [0.25, 0.3) is 0 Å². The number of aldehydes is 1. The third-order valence-electron chi connectivity index (χ3n) is 5.32. The van der Waals surface area contributed by atoms with E-state index in [0.717, 1.165) is 67.0 Å². The maximum absolute atomic E-state index is 12.9. The second kappa shape index (κ2) is 11.4. The van der Waals surface area contributed by atoms with Crippen LogP contribution in [0.1, 0.15) is 40.8 Å². The molecule has 2 heterocycles. The number of alkyl halides is 3. The van der Waals surface area contributed by atoms with Crippen molar-refractivity contribution in [1.29, 1.82) is 0 Å². The largest absolute Gasteiger partial charge is 0.416 e. The molecule has 184 valence electrons. The number of amides is 2. The van der Waals surface area contributed by atoms with Crippen LogP contribution in [0, 0.1) is 0 Å². The van der Waals surface area contributed by atoms with E-state index in [9.17, 15) is 27.6 Å². The number of fused-ring (bicyclic) bond motifs is 2. The molecule has 1 aromatic heterocycles. The van der Waals surface area contributed by atoms with Crippen molar-refractivity contribution in [1.82, 2.24) is 0 Å². The molecule has 2 amide bonds. The number of thioether (sulfide) groups is 1.